The fourth-order valence-corrected chi connectivity index (χ4v) is 11.6. The number of aliphatic hydroxyl groups is 1. The van der Waals surface area contributed by atoms with Crippen molar-refractivity contribution < 1.29 is 57.4 Å². The third-order valence-electron chi connectivity index (χ3n) is 13.5. The molecule has 0 amide bonds. The summed E-state index contributed by atoms with van der Waals surface area (Å²) in [5, 5.41) is 14.8. The van der Waals surface area contributed by atoms with E-state index in [0.717, 1.165) is 0 Å². The Balaban J connectivity index is 1.41. The number of carbonyl (C=O) groups is 4. The molecule has 1 aromatic heterocycles. The van der Waals surface area contributed by atoms with Gasteiger partial charge in [0, 0.05) is 78.8 Å². The molecule has 65 heavy (non-hydrogen) atoms. The first-order valence-electron chi connectivity index (χ1n) is 22.3. The SMILES string of the molecule is CC[C@H]1OC(=O)[C@H](C)C(=O)[C@H](C)[C@@H](O[C@@H]2O[C@H](C)C[C@H](N(C)C)[C@H]2O)[C@](C)(OC)C[C@@H](C)C(=O)[C@H](C)[C@H]2[C@H](SCCOc3cc(NCc4c(Cl)cncc4Cl)ccc3OC)C(=O)O[C@@]21C. The van der Waals surface area contributed by atoms with Crippen molar-refractivity contribution in [1.82, 2.24) is 9.88 Å². The molecular formula is C47H67Cl2N3O12S. The number of nitrogens with one attached hydrogen (secondary N) is 1. The highest BCUT2D eigenvalue weighted by Gasteiger charge is 2.61. The maximum Gasteiger partial charge on any atom is 0.320 e. The number of pyridine rings is 1. The number of esters is 2. The monoisotopic (exact) mass is 967 g/mol. The van der Waals surface area contributed by atoms with E-state index in [1.165, 1.54) is 45.3 Å². The zero-order valence-corrected chi connectivity index (χ0v) is 41.9. The molecular weight excluding hydrogens is 901 g/mol. The van der Waals surface area contributed by atoms with Crippen LogP contribution in [0.3, 0.4) is 0 Å². The number of nitrogens with zero attached hydrogens (tertiary/aromatic N) is 2. The van der Waals surface area contributed by atoms with Gasteiger partial charge in [0.1, 0.15) is 29.2 Å². The van der Waals surface area contributed by atoms with Crippen LogP contribution in [0.2, 0.25) is 10.0 Å². The molecule has 3 aliphatic heterocycles. The summed E-state index contributed by atoms with van der Waals surface area (Å²) >= 11 is 13.9. The molecule has 1 aromatic carbocycles. The van der Waals surface area contributed by atoms with E-state index in [9.17, 15) is 24.3 Å². The van der Waals surface area contributed by atoms with Gasteiger partial charge in [-0.15, -0.1) is 11.8 Å². The highest BCUT2D eigenvalue weighted by Crippen LogP contribution is 2.49. The molecule has 4 heterocycles. The van der Waals surface area contributed by atoms with Crippen LogP contribution in [0.5, 0.6) is 11.5 Å². The molecule has 0 radical (unpaired) electrons. The van der Waals surface area contributed by atoms with Gasteiger partial charge in [-0.25, -0.2) is 0 Å². The lowest BCUT2D eigenvalue weighted by Crippen LogP contribution is -2.59. The number of thioether (sulfide) groups is 1. The molecule has 15 nitrogen and oxygen atoms in total. The largest absolute Gasteiger partial charge is 0.493 e. The predicted molar refractivity (Wildman–Crippen MR) is 248 cm³/mol. The lowest BCUT2D eigenvalue weighted by Gasteiger charge is -2.47. The van der Waals surface area contributed by atoms with Crippen LogP contribution in [-0.4, -0.2) is 132 Å². The average Bonchev–Trinajstić information content (AvgIpc) is 3.53. The van der Waals surface area contributed by atoms with Crippen molar-refractivity contribution in [2.45, 2.75) is 134 Å². The van der Waals surface area contributed by atoms with Gasteiger partial charge in [0.15, 0.2) is 29.2 Å². The number of aromatic nitrogens is 1. The maximum absolute atomic E-state index is 14.8. The Bertz CT molecular complexity index is 1990. The van der Waals surface area contributed by atoms with Crippen molar-refractivity contribution >= 4 is 64.2 Å². The van der Waals surface area contributed by atoms with E-state index >= 15 is 0 Å². The van der Waals surface area contributed by atoms with E-state index < -0.39 is 88.4 Å². The Morgan fingerprint density at radius 2 is 1.65 bits per heavy atom. The molecule has 5 rings (SSSR count). The molecule has 18 heteroatoms. The second-order valence-corrected chi connectivity index (χ2v) is 20.3. The average molecular weight is 969 g/mol. The molecule has 3 fully saturated rings. The van der Waals surface area contributed by atoms with Crippen molar-refractivity contribution in [3.05, 3.63) is 46.2 Å². The number of anilines is 1. The summed E-state index contributed by atoms with van der Waals surface area (Å²) in [6.45, 7) is 14.4. The molecule has 0 aliphatic carbocycles. The molecule has 14 atom stereocenters. The van der Waals surface area contributed by atoms with Crippen LogP contribution in [0.4, 0.5) is 5.69 Å². The molecule has 0 bridgehead atoms. The number of aliphatic hydroxyl groups excluding tert-OH is 1. The quantitative estimate of drug-likeness (QED) is 0.112. The number of rotatable bonds is 14. The number of Topliss-reactive ketones (excluding diaryl/α,β-unsaturated/α-hetero) is 2. The first kappa shape index (κ1) is 52.7. The number of carbonyl (C=O) groups excluding carboxylic acids is 4. The molecule has 2 aromatic rings. The van der Waals surface area contributed by atoms with Gasteiger partial charge in [-0.1, -0.05) is 50.9 Å². The van der Waals surface area contributed by atoms with Gasteiger partial charge in [-0.2, -0.15) is 0 Å². The Morgan fingerprint density at radius 3 is 2.26 bits per heavy atom. The Hall–Kier alpha value is -3.22. The molecule has 3 aliphatic rings. The van der Waals surface area contributed by atoms with E-state index in [4.69, 9.17) is 56.4 Å². The number of cyclic esters (lactones) is 1. The molecule has 2 N–H and O–H groups in total. The van der Waals surface area contributed by atoms with Crippen molar-refractivity contribution in [3.63, 3.8) is 0 Å². The van der Waals surface area contributed by atoms with E-state index in [2.05, 4.69) is 10.3 Å². The fourth-order valence-electron chi connectivity index (χ4n) is 9.77. The Labute approximate surface area is 397 Å². The number of halogens is 2. The van der Waals surface area contributed by atoms with E-state index in [1.54, 1.807) is 53.7 Å². The van der Waals surface area contributed by atoms with E-state index in [1.807, 2.05) is 32.0 Å². The topological polar surface area (TPSA) is 181 Å². The van der Waals surface area contributed by atoms with E-state index in [-0.39, 0.29) is 37.4 Å². The first-order chi connectivity index (χ1) is 30.6. The summed E-state index contributed by atoms with van der Waals surface area (Å²) < 4.78 is 43.1. The maximum atomic E-state index is 14.8. The second-order valence-electron chi connectivity index (χ2n) is 18.3. The molecule has 0 spiro atoms. The lowest BCUT2D eigenvalue weighted by atomic mass is 9.70. The third-order valence-corrected chi connectivity index (χ3v) is 15.4. The number of hydrogen-bond acceptors (Lipinski definition) is 16. The predicted octanol–water partition coefficient (Wildman–Crippen LogP) is 7.05. The minimum Gasteiger partial charge on any atom is -0.493 e. The summed E-state index contributed by atoms with van der Waals surface area (Å²) in [6, 6.07) is 5.09. The summed E-state index contributed by atoms with van der Waals surface area (Å²) in [6.07, 6.45) is -0.619. The zero-order valence-electron chi connectivity index (χ0n) is 39.6. The number of ketones is 2. The van der Waals surface area contributed by atoms with Crippen molar-refractivity contribution in [3.8, 4) is 11.5 Å². The van der Waals surface area contributed by atoms with Crippen molar-refractivity contribution in [2.75, 3.05) is 46.0 Å². The third kappa shape index (κ3) is 11.6. The number of hydrogen-bond donors (Lipinski definition) is 2. The van der Waals surface area contributed by atoms with Crippen LogP contribution in [-0.2, 0) is 49.4 Å². The highest BCUT2D eigenvalue weighted by molar-refractivity contribution is 8.00. The Kier molecular flexibility index (Phi) is 18.1. The highest BCUT2D eigenvalue weighted by atomic mass is 35.5. The van der Waals surface area contributed by atoms with Gasteiger partial charge in [-0.05, 0) is 73.2 Å². The number of benzene rings is 1. The molecule has 3 saturated heterocycles. The fraction of sp³-hybridized carbons (Fsp3) is 0.681. The van der Waals surface area contributed by atoms with Gasteiger partial charge in [0.2, 0.25) is 0 Å². The van der Waals surface area contributed by atoms with Gasteiger partial charge < -0.3 is 48.5 Å². The van der Waals surface area contributed by atoms with Crippen LogP contribution in [0.1, 0.15) is 80.2 Å². The minimum absolute atomic E-state index is 0.0999. The van der Waals surface area contributed by atoms with Gasteiger partial charge >= 0.3 is 11.9 Å². The van der Waals surface area contributed by atoms with Crippen LogP contribution in [0, 0.1) is 29.6 Å². The van der Waals surface area contributed by atoms with Crippen molar-refractivity contribution in [1.29, 1.82) is 0 Å². The summed E-state index contributed by atoms with van der Waals surface area (Å²) in [5.74, 6) is -5.18. The standard InChI is InChI=1S/C47H67Cl2N3O12S/c1-13-36-47(8)37(41(44(57)64-47)65-17-16-60-35-19-29(14-15-34(35)58-11)51-21-30-31(48)22-50-23-32(30)49)26(4)38(53)24(2)20-46(7,59-12)42(27(5)39(54)28(6)43(56)62-36)63-45-40(55)33(52(9)10)18-25(3)61-45/h14-15,19,22-28,33,36-37,40-42,45,51,55H,13,16-18,20-21H2,1-12H3/t24-,25-,26-,27+,28-,33+,36-,37+,40-,41+,42-,45+,46-,47-/m1/s1. The van der Waals surface area contributed by atoms with Crippen LogP contribution < -0.4 is 14.8 Å². The second kappa shape index (κ2) is 22.3. The smallest absolute Gasteiger partial charge is 0.320 e. The van der Waals surface area contributed by atoms with Gasteiger partial charge in [-0.3, -0.25) is 24.2 Å². The van der Waals surface area contributed by atoms with Gasteiger partial charge in [0.25, 0.3) is 0 Å². The van der Waals surface area contributed by atoms with Gasteiger partial charge in [0.05, 0.1) is 41.6 Å². The molecule has 362 valence electrons. The number of ether oxygens (including phenoxy) is 7. The number of likely N-dealkylation sites (N-methyl/N-ethyl adjacent to an activating group) is 1. The molecule has 0 unspecified atom stereocenters. The summed E-state index contributed by atoms with van der Waals surface area (Å²) in [5.41, 5.74) is -1.32. The first-order valence-corrected chi connectivity index (χ1v) is 24.1. The van der Waals surface area contributed by atoms with Crippen LogP contribution in [0.25, 0.3) is 0 Å². The lowest BCUT2D eigenvalue weighted by molar-refractivity contribution is -0.295. The number of methoxy groups -OCH3 is 2. The Morgan fingerprint density at radius 1 is 0.969 bits per heavy atom. The van der Waals surface area contributed by atoms with Crippen LogP contribution >= 0.6 is 35.0 Å². The number of fused-ring (bicyclic) bond motifs is 1. The van der Waals surface area contributed by atoms with E-state index in [0.29, 0.717) is 51.5 Å². The van der Waals surface area contributed by atoms with Crippen molar-refractivity contribution in [2.24, 2.45) is 29.6 Å². The van der Waals surface area contributed by atoms with Crippen LogP contribution in [0.15, 0.2) is 30.6 Å². The zero-order chi connectivity index (χ0) is 48.1. The normalized spacial score (nSPS) is 35.0. The minimum atomic E-state index is -1.43. The molecule has 0 saturated carbocycles. The summed E-state index contributed by atoms with van der Waals surface area (Å²) in [4.78, 5) is 63.3. The summed E-state index contributed by atoms with van der Waals surface area (Å²) in [7, 11) is 6.75.